The van der Waals surface area contributed by atoms with Crippen LogP contribution in [0.15, 0.2) is 67.0 Å². The highest BCUT2D eigenvalue weighted by molar-refractivity contribution is 7.15. The second kappa shape index (κ2) is 10.2. The molecule has 0 amide bonds. The van der Waals surface area contributed by atoms with Crippen LogP contribution in [0, 0.1) is 12.8 Å². The van der Waals surface area contributed by atoms with Crippen molar-refractivity contribution >= 4 is 35.0 Å². The third-order valence-corrected chi connectivity index (χ3v) is 7.50. The van der Waals surface area contributed by atoms with E-state index in [2.05, 4.69) is 20.3 Å². The molecule has 0 radical (unpaired) electrons. The summed E-state index contributed by atoms with van der Waals surface area (Å²) in [4.78, 5) is 23.6. The molecule has 39 heavy (non-hydrogen) atoms. The average molecular weight is 553 g/mol. The molecule has 1 atom stereocenters. The number of aryl methyl sites for hydroxylation is 1. The van der Waals surface area contributed by atoms with Gasteiger partial charge in [-0.15, -0.1) is 11.3 Å². The van der Waals surface area contributed by atoms with Crippen molar-refractivity contribution < 1.29 is 28.2 Å². The third kappa shape index (κ3) is 5.84. The van der Waals surface area contributed by atoms with E-state index in [4.69, 9.17) is 5.11 Å². The van der Waals surface area contributed by atoms with E-state index in [1.54, 1.807) is 42.6 Å². The highest BCUT2D eigenvalue weighted by Gasteiger charge is 2.48. The van der Waals surface area contributed by atoms with E-state index in [1.165, 1.54) is 17.4 Å². The number of carbonyl (C=O) groups is 1. The van der Waals surface area contributed by atoms with Crippen LogP contribution in [0.3, 0.4) is 0 Å². The Bertz CT molecular complexity index is 1550. The van der Waals surface area contributed by atoms with Gasteiger partial charge in [0, 0.05) is 24.2 Å². The molecule has 1 fully saturated rings. The molecule has 1 aliphatic carbocycles. The monoisotopic (exact) mass is 552 g/mol. The Hall–Kier alpha value is -4.09. The largest absolute Gasteiger partial charge is 0.478 e. The number of aromatic nitrogens is 3. The summed E-state index contributed by atoms with van der Waals surface area (Å²) < 4.78 is 39.2. The fourth-order valence-corrected chi connectivity index (χ4v) is 5.43. The topological polar surface area (TPSA) is 108 Å². The van der Waals surface area contributed by atoms with Gasteiger partial charge in [-0.1, -0.05) is 30.3 Å². The molecule has 11 heteroatoms. The van der Waals surface area contributed by atoms with Crippen LogP contribution in [0.2, 0.25) is 0 Å². The minimum atomic E-state index is -4.58. The van der Waals surface area contributed by atoms with Gasteiger partial charge in [0.15, 0.2) is 0 Å². The molecule has 0 aliphatic heterocycles. The second-order valence-electron chi connectivity index (χ2n) is 9.34. The van der Waals surface area contributed by atoms with Crippen molar-refractivity contribution in [2.45, 2.75) is 31.5 Å². The van der Waals surface area contributed by atoms with Crippen LogP contribution < -0.4 is 5.32 Å². The molecule has 4 aromatic rings. The number of halogens is 3. The molecular formula is C28H23F3N4O3S. The van der Waals surface area contributed by atoms with Gasteiger partial charge in [0.25, 0.3) is 0 Å². The highest BCUT2D eigenvalue weighted by Crippen LogP contribution is 2.51. The minimum absolute atomic E-state index is 0.00436. The molecule has 7 nitrogen and oxygen atoms in total. The Morgan fingerprint density at radius 2 is 1.85 bits per heavy atom. The van der Waals surface area contributed by atoms with Gasteiger partial charge in [0.2, 0.25) is 5.95 Å². The Labute approximate surface area is 225 Å². The van der Waals surface area contributed by atoms with Crippen molar-refractivity contribution in [3.63, 3.8) is 0 Å². The van der Waals surface area contributed by atoms with Crippen LogP contribution in [0.4, 0.5) is 24.8 Å². The summed E-state index contributed by atoms with van der Waals surface area (Å²) >= 11 is 1.34. The molecule has 2 aromatic carbocycles. The Kier molecular flexibility index (Phi) is 6.96. The number of anilines is 2. The van der Waals surface area contributed by atoms with Gasteiger partial charge in [-0.25, -0.2) is 19.7 Å². The highest BCUT2D eigenvalue weighted by atomic mass is 32.1. The Morgan fingerprint density at radius 1 is 1.10 bits per heavy atom. The number of alkyl halides is 3. The lowest BCUT2D eigenvalue weighted by Crippen LogP contribution is -2.29. The quantitative estimate of drug-likeness (QED) is 0.217. The lowest BCUT2D eigenvalue weighted by atomic mass is 9.89. The maximum absolute atomic E-state index is 13.1. The van der Waals surface area contributed by atoms with Gasteiger partial charge in [-0.3, -0.25) is 0 Å². The summed E-state index contributed by atoms with van der Waals surface area (Å²) in [6.45, 7) is 1.87. The van der Waals surface area contributed by atoms with Crippen LogP contribution in [0.5, 0.6) is 0 Å². The predicted molar refractivity (Wildman–Crippen MR) is 141 cm³/mol. The van der Waals surface area contributed by atoms with Crippen LogP contribution in [0.25, 0.3) is 16.5 Å². The maximum Gasteiger partial charge on any atom is 0.433 e. The zero-order valence-corrected chi connectivity index (χ0v) is 21.4. The number of rotatable bonds is 8. The number of carboxylic acid groups (broad SMARTS) is 1. The van der Waals surface area contributed by atoms with Crippen LogP contribution >= 0.6 is 11.3 Å². The van der Waals surface area contributed by atoms with Crippen LogP contribution in [-0.4, -0.2) is 31.1 Å². The van der Waals surface area contributed by atoms with Crippen LogP contribution in [-0.2, 0) is 16.6 Å². The Morgan fingerprint density at radius 3 is 2.51 bits per heavy atom. The Balaban J connectivity index is 1.43. The second-order valence-corrected chi connectivity index (χ2v) is 10.4. The number of aliphatic carboxylic acids is 1. The number of aliphatic hydroxyl groups is 1. The number of hydrogen-bond donors (Lipinski definition) is 3. The zero-order chi connectivity index (χ0) is 27.8. The molecule has 1 aliphatic rings. The lowest BCUT2D eigenvalue weighted by Gasteiger charge is -2.26. The first-order chi connectivity index (χ1) is 18.5. The van der Waals surface area contributed by atoms with E-state index < -0.39 is 23.4 Å². The van der Waals surface area contributed by atoms with Crippen LogP contribution in [0.1, 0.15) is 40.2 Å². The molecule has 0 saturated heterocycles. The molecule has 3 N–H and O–H groups in total. The molecule has 200 valence electrons. The summed E-state index contributed by atoms with van der Waals surface area (Å²) in [6.07, 6.45) is 2.39. The summed E-state index contributed by atoms with van der Waals surface area (Å²) in [5.74, 6) is -1.21. The van der Waals surface area contributed by atoms with E-state index in [0.717, 1.165) is 47.2 Å². The van der Waals surface area contributed by atoms with Gasteiger partial charge in [-0.05, 0) is 72.2 Å². The van der Waals surface area contributed by atoms with E-state index in [1.807, 2.05) is 13.0 Å². The summed E-state index contributed by atoms with van der Waals surface area (Å²) in [5.41, 5.74) is 1.19. The van der Waals surface area contributed by atoms with Crippen molar-refractivity contribution in [3.8, 4) is 10.4 Å². The lowest BCUT2D eigenvalue weighted by molar-refractivity contribution is -0.141. The van der Waals surface area contributed by atoms with Gasteiger partial charge in [-0.2, -0.15) is 13.2 Å². The SMILES string of the molecule is Cc1cc(Nc2nccc(C(F)(F)F)n2)cc(-c2cnc(C(O)(c3ccc(C=CC(=O)O)cc3)C3CC3)s2)c1. The average Bonchev–Trinajstić information content (AvgIpc) is 3.63. The number of carboxylic acids is 1. The minimum Gasteiger partial charge on any atom is -0.478 e. The molecule has 0 spiro atoms. The third-order valence-electron chi connectivity index (χ3n) is 6.33. The first-order valence-corrected chi connectivity index (χ1v) is 12.8. The van der Waals surface area contributed by atoms with E-state index in [-0.39, 0.29) is 11.9 Å². The first kappa shape index (κ1) is 26.5. The van der Waals surface area contributed by atoms with E-state index in [0.29, 0.717) is 21.8 Å². The molecule has 1 saturated carbocycles. The van der Waals surface area contributed by atoms with Crippen molar-refractivity contribution in [1.82, 2.24) is 15.0 Å². The summed E-state index contributed by atoms with van der Waals surface area (Å²) in [7, 11) is 0. The van der Waals surface area contributed by atoms with Gasteiger partial charge in [0.1, 0.15) is 16.3 Å². The van der Waals surface area contributed by atoms with Crippen molar-refractivity contribution in [1.29, 1.82) is 0 Å². The number of benzene rings is 2. The predicted octanol–water partition coefficient (Wildman–Crippen LogP) is 6.41. The zero-order valence-electron chi connectivity index (χ0n) is 20.6. The number of nitrogens with zero attached hydrogens (tertiary/aromatic N) is 3. The number of thiazole rings is 1. The summed E-state index contributed by atoms with van der Waals surface area (Å²) in [5, 5.41) is 24.1. The molecule has 2 heterocycles. The number of hydrogen-bond acceptors (Lipinski definition) is 7. The fourth-order valence-electron chi connectivity index (χ4n) is 4.34. The van der Waals surface area contributed by atoms with Gasteiger partial charge >= 0.3 is 12.1 Å². The molecule has 1 unspecified atom stereocenters. The van der Waals surface area contributed by atoms with E-state index >= 15 is 0 Å². The first-order valence-electron chi connectivity index (χ1n) is 12.0. The van der Waals surface area contributed by atoms with Crippen molar-refractivity contribution in [2.75, 3.05) is 5.32 Å². The number of nitrogens with one attached hydrogen (secondary N) is 1. The van der Waals surface area contributed by atoms with Crippen molar-refractivity contribution in [3.05, 3.63) is 94.4 Å². The molecule has 5 rings (SSSR count). The fraction of sp³-hybridized carbons (Fsp3) is 0.214. The smallest absolute Gasteiger partial charge is 0.433 e. The van der Waals surface area contributed by atoms with Gasteiger partial charge in [0.05, 0.1) is 4.88 Å². The standard InChI is InChI=1S/C28H23F3N4O3S/c1-16-12-18(14-21(13-16)34-26-32-11-10-23(35-26)28(29,30)31)22-15-33-25(39-22)27(38,20-7-8-20)19-5-2-17(3-6-19)4-9-24(36)37/h2-6,9-15,20,38H,7-8H2,1H3,(H,36,37)(H,32,34,35). The van der Waals surface area contributed by atoms with E-state index in [9.17, 15) is 23.1 Å². The molecule has 2 aromatic heterocycles. The molecular weight excluding hydrogens is 529 g/mol. The summed E-state index contributed by atoms with van der Waals surface area (Å²) in [6, 6.07) is 13.4. The molecule has 0 bridgehead atoms. The normalized spacial score (nSPS) is 15.3. The van der Waals surface area contributed by atoms with Gasteiger partial charge < -0.3 is 15.5 Å². The maximum atomic E-state index is 13.1. The van der Waals surface area contributed by atoms with Crippen molar-refractivity contribution in [2.24, 2.45) is 5.92 Å².